The van der Waals surface area contributed by atoms with Gasteiger partial charge in [-0.05, 0) is 80.6 Å². The van der Waals surface area contributed by atoms with Gasteiger partial charge in [-0.1, -0.05) is 98.3 Å². The van der Waals surface area contributed by atoms with Crippen LogP contribution in [-0.2, 0) is 35.1 Å². The summed E-state index contributed by atoms with van der Waals surface area (Å²) in [5.74, 6) is -2.78. The highest BCUT2D eigenvalue weighted by atomic mass is 16.5. The first-order valence-electron chi connectivity index (χ1n) is 20.8. The Morgan fingerprint density at radius 2 is 1.41 bits per heavy atom. The van der Waals surface area contributed by atoms with E-state index in [0.29, 0.717) is 50.7 Å². The molecule has 63 heavy (non-hydrogen) atoms. The molecule has 3 fully saturated rings. The van der Waals surface area contributed by atoms with Gasteiger partial charge < -0.3 is 40.7 Å². The number of nitrogens with two attached hydrogens (primary N) is 1. The van der Waals surface area contributed by atoms with Gasteiger partial charge in [-0.2, -0.15) is 0 Å². The zero-order valence-electron chi connectivity index (χ0n) is 37.4. The Balaban J connectivity index is 0.000000327. The van der Waals surface area contributed by atoms with E-state index in [0.717, 1.165) is 42.6 Å². The number of hydrogen-bond donors (Lipinski definition) is 6. The maximum Gasteiger partial charge on any atom is 0.303 e. The highest BCUT2D eigenvalue weighted by molar-refractivity contribution is 5.94. The van der Waals surface area contributed by atoms with Crippen molar-refractivity contribution in [2.45, 2.75) is 110 Å². The molecule has 3 aliphatic carbocycles. The molecule has 1 saturated heterocycles. The molecule has 7 atom stereocenters. The summed E-state index contributed by atoms with van der Waals surface area (Å²) < 4.78 is 11.4. The summed E-state index contributed by atoms with van der Waals surface area (Å²) >= 11 is 0. The number of aliphatic hydroxyl groups excluding tert-OH is 2. The summed E-state index contributed by atoms with van der Waals surface area (Å²) in [6, 6.07) is 27.5. The molecular formula is C49H65NO13. The number of primary amides is 1. The Kier molecular flexibility index (Phi) is 21.2. The van der Waals surface area contributed by atoms with Crippen molar-refractivity contribution in [3.8, 4) is 0 Å². The van der Waals surface area contributed by atoms with E-state index in [1.165, 1.54) is 6.92 Å². The molecular weight excluding hydrogens is 811 g/mol. The number of aliphatic hydroxyl groups is 3. The molecule has 344 valence electrons. The molecule has 3 aromatic rings. The Labute approximate surface area is 370 Å². The van der Waals surface area contributed by atoms with Crippen LogP contribution in [0.15, 0.2) is 102 Å². The number of carbonyl (C=O) groups excluding carboxylic acids is 4. The minimum atomic E-state index is -1.09. The molecule has 2 bridgehead atoms. The van der Waals surface area contributed by atoms with Crippen LogP contribution in [0.3, 0.4) is 0 Å². The van der Waals surface area contributed by atoms with Gasteiger partial charge in [-0.3, -0.25) is 28.8 Å². The quantitative estimate of drug-likeness (QED) is 0.0913. The topological polar surface area (TPSA) is 248 Å². The highest BCUT2D eigenvalue weighted by Crippen LogP contribution is 2.58. The number of esters is 1. The van der Waals surface area contributed by atoms with Crippen LogP contribution in [-0.4, -0.2) is 99.0 Å². The van der Waals surface area contributed by atoms with E-state index in [9.17, 15) is 34.2 Å². The van der Waals surface area contributed by atoms with E-state index < -0.39 is 46.5 Å². The smallest absolute Gasteiger partial charge is 0.303 e. The monoisotopic (exact) mass is 875 g/mol. The number of benzene rings is 3. The zero-order chi connectivity index (χ0) is 47.5. The van der Waals surface area contributed by atoms with E-state index in [4.69, 9.17) is 35.3 Å². The van der Waals surface area contributed by atoms with Crippen molar-refractivity contribution in [2.75, 3.05) is 13.7 Å². The average Bonchev–Trinajstić information content (AvgIpc) is 3.31. The van der Waals surface area contributed by atoms with Crippen LogP contribution < -0.4 is 5.73 Å². The van der Waals surface area contributed by atoms with Crippen molar-refractivity contribution in [3.05, 3.63) is 119 Å². The molecule has 1 heterocycles. The molecule has 0 spiro atoms. The standard InChI is InChI=1S/C23H34O6.C9H10O2.C7H7NO.C7H6O.C2H4O2.CH4O/c1-12-6-7-23(27)9-15-14-10-28-16(14)8-17(25)22(15,5)20(26)19(29-13(2)24)18(12)21(3,4)11-23;10-9(11)7-6-8-4-2-1-3-5-8;8-7(9)6-4-2-1-3-5-6;8-6-7-4-2-1-3-5-7;1-2(3)4;1-2/h14-17,19,25,27H,6-11H2,1-5H3;1-5H,6-7H2,(H,10,11);1-5H,(H2,8,9);1-6H;1H3,(H,3,4);2H,1H3. The molecule has 2 saturated carbocycles. The molecule has 0 aromatic heterocycles. The van der Waals surface area contributed by atoms with E-state index in [1.807, 2.05) is 82.3 Å². The summed E-state index contributed by atoms with van der Waals surface area (Å²) in [6.45, 7) is 10.8. The average molecular weight is 876 g/mol. The van der Waals surface area contributed by atoms with Crippen LogP contribution >= 0.6 is 0 Å². The first-order valence-corrected chi connectivity index (χ1v) is 20.8. The number of ketones is 1. The van der Waals surface area contributed by atoms with Gasteiger partial charge >= 0.3 is 11.9 Å². The molecule has 14 heteroatoms. The fraction of sp³-hybridized carbons (Fsp3) is 0.469. The maximum absolute atomic E-state index is 14.1. The van der Waals surface area contributed by atoms with Crippen LogP contribution in [0.5, 0.6) is 0 Å². The lowest BCUT2D eigenvalue weighted by Crippen LogP contribution is -2.64. The van der Waals surface area contributed by atoms with Gasteiger partial charge in [0.1, 0.15) is 6.29 Å². The Morgan fingerprint density at radius 3 is 1.84 bits per heavy atom. The fourth-order valence-electron chi connectivity index (χ4n) is 8.85. The van der Waals surface area contributed by atoms with Gasteiger partial charge in [-0.25, -0.2) is 0 Å². The van der Waals surface area contributed by atoms with Crippen LogP contribution in [0, 0.1) is 22.7 Å². The van der Waals surface area contributed by atoms with Crippen molar-refractivity contribution >= 4 is 35.9 Å². The molecule has 7 N–H and O–H groups in total. The number of Topliss-reactive ketones (excluding diaryl/α,β-unsaturated/α-hetero) is 1. The third-order valence-electron chi connectivity index (χ3n) is 11.7. The Bertz CT molecular complexity index is 1980. The number of hydrogen-bond acceptors (Lipinski definition) is 11. The summed E-state index contributed by atoms with van der Waals surface area (Å²) in [6.07, 6.45) is 2.29. The lowest BCUT2D eigenvalue weighted by molar-refractivity contribution is -0.232. The third-order valence-corrected chi connectivity index (χ3v) is 11.7. The Hall–Kier alpha value is -5.54. The number of carbonyl (C=O) groups is 6. The van der Waals surface area contributed by atoms with E-state index in [2.05, 4.69) is 0 Å². The first kappa shape index (κ1) is 53.6. The van der Waals surface area contributed by atoms with Gasteiger partial charge in [0.05, 0.1) is 29.8 Å². The molecule has 7 unspecified atom stereocenters. The van der Waals surface area contributed by atoms with Gasteiger partial charge in [0.2, 0.25) is 5.91 Å². The van der Waals surface area contributed by atoms with Crippen molar-refractivity contribution < 1.29 is 63.8 Å². The first-order chi connectivity index (χ1) is 29.6. The van der Waals surface area contributed by atoms with Crippen LogP contribution in [0.1, 0.15) is 106 Å². The number of fused-ring (bicyclic) bond motifs is 6. The number of rotatable bonds is 6. The maximum atomic E-state index is 14.1. The minimum Gasteiger partial charge on any atom is -0.481 e. The molecule has 3 aromatic carbocycles. The molecule has 14 nitrogen and oxygen atoms in total. The van der Waals surface area contributed by atoms with Crippen molar-refractivity contribution in [2.24, 2.45) is 28.4 Å². The van der Waals surface area contributed by atoms with Crippen LogP contribution in [0.25, 0.3) is 0 Å². The van der Waals surface area contributed by atoms with Gasteiger partial charge in [0, 0.05) is 50.8 Å². The summed E-state index contributed by atoms with van der Waals surface area (Å²) in [7, 11) is 1.00. The number of aliphatic carboxylic acids is 2. The highest BCUT2D eigenvalue weighted by Gasteiger charge is 2.64. The Morgan fingerprint density at radius 1 is 0.889 bits per heavy atom. The van der Waals surface area contributed by atoms with Crippen molar-refractivity contribution in [3.63, 3.8) is 0 Å². The van der Waals surface area contributed by atoms with E-state index in [-0.39, 0.29) is 36.1 Å². The SMILES string of the molecule is CC(=O)O.CC(=O)OC1C(=O)C2(C)C(O)CC3OCC3C2CC2(O)CCC(C)=C1C(C)(C)C2.CO.NC(=O)c1ccccc1.O=C(O)CCc1ccccc1.O=Cc1ccccc1. The number of carboxylic acid groups (broad SMARTS) is 2. The van der Waals surface area contributed by atoms with E-state index in [1.54, 1.807) is 36.4 Å². The van der Waals surface area contributed by atoms with Crippen molar-refractivity contribution in [1.82, 2.24) is 0 Å². The van der Waals surface area contributed by atoms with Gasteiger partial charge in [0.25, 0.3) is 5.97 Å². The van der Waals surface area contributed by atoms with E-state index >= 15 is 0 Å². The number of allylic oxidation sites excluding steroid dienone is 1. The molecule has 1 aliphatic heterocycles. The summed E-state index contributed by atoms with van der Waals surface area (Å²) in [5.41, 5.74) is 6.60. The zero-order valence-corrected chi connectivity index (χ0v) is 37.4. The summed E-state index contributed by atoms with van der Waals surface area (Å²) in [4.78, 5) is 65.7. The third kappa shape index (κ3) is 15.6. The second kappa shape index (κ2) is 24.9. The number of carboxylic acids is 2. The predicted octanol–water partition coefficient (Wildman–Crippen LogP) is 6.24. The minimum absolute atomic E-state index is 0.0687. The van der Waals surface area contributed by atoms with Gasteiger partial charge in [0.15, 0.2) is 11.9 Å². The molecule has 7 rings (SSSR count). The lowest BCUT2D eigenvalue weighted by atomic mass is 9.53. The fourth-order valence-corrected chi connectivity index (χ4v) is 8.85. The predicted molar refractivity (Wildman–Crippen MR) is 237 cm³/mol. The van der Waals surface area contributed by atoms with Crippen LogP contribution in [0.2, 0.25) is 0 Å². The molecule has 4 aliphatic rings. The normalized spacial score (nSPS) is 25.9. The van der Waals surface area contributed by atoms with Crippen LogP contribution in [0.4, 0.5) is 0 Å². The van der Waals surface area contributed by atoms with Crippen molar-refractivity contribution in [1.29, 1.82) is 0 Å². The largest absolute Gasteiger partial charge is 0.481 e. The number of aldehydes is 1. The summed E-state index contributed by atoms with van der Waals surface area (Å²) in [5, 5.41) is 45.6. The number of ether oxygens (including phenoxy) is 2. The number of aryl methyl sites for hydroxylation is 1. The second-order valence-electron chi connectivity index (χ2n) is 16.9. The second-order valence-corrected chi connectivity index (χ2v) is 16.9. The number of amides is 1. The lowest BCUT2D eigenvalue weighted by Gasteiger charge is -2.57. The van der Waals surface area contributed by atoms with Gasteiger partial charge in [-0.15, -0.1) is 0 Å². The molecule has 0 radical (unpaired) electrons. The molecule has 1 amide bonds.